The zero-order chi connectivity index (χ0) is 13.3. The summed E-state index contributed by atoms with van der Waals surface area (Å²) in [7, 11) is 0. The van der Waals surface area contributed by atoms with E-state index in [1.54, 1.807) is 12.4 Å². The first-order chi connectivity index (χ1) is 9.20. The van der Waals surface area contributed by atoms with Gasteiger partial charge in [0, 0.05) is 38.1 Å². The van der Waals surface area contributed by atoms with E-state index in [0.717, 1.165) is 38.0 Å². The summed E-state index contributed by atoms with van der Waals surface area (Å²) in [5, 5.41) is 0.651. The molecule has 3 heterocycles. The lowest BCUT2D eigenvalue weighted by atomic mass is 9.79. The highest BCUT2D eigenvalue weighted by atomic mass is 35.5. The molecule has 4 nitrogen and oxygen atoms in total. The summed E-state index contributed by atoms with van der Waals surface area (Å²) in [6, 6.07) is 1.86. The van der Waals surface area contributed by atoms with Gasteiger partial charge in [0.25, 0.3) is 0 Å². The molecule has 19 heavy (non-hydrogen) atoms. The Morgan fingerprint density at radius 2 is 2.37 bits per heavy atom. The van der Waals surface area contributed by atoms with Crippen molar-refractivity contribution in [1.29, 1.82) is 0 Å². The lowest BCUT2D eigenvalue weighted by Crippen LogP contribution is -2.43. The van der Waals surface area contributed by atoms with Crippen molar-refractivity contribution >= 4 is 11.6 Å². The van der Waals surface area contributed by atoms with Crippen molar-refractivity contribution < 1.29 is 9.47 Å². The summed E-state index contributed by atoms with van der Waals surface area (Å²) >= 11 is 6.19. The Hall–Kier alpha value is -0.680. The van der Waals surface area contributed by atoms with Crippen LogP contribution in [0, 0.1) is 5.92 Å². The average molecular weight is 283 g/mol. The summed E-state index contributed by atoms with van der Waals surface area (Å²) in [5.74, 6) is 0.385. The Bertz CT molecular complexity index is 449. The Balaban J connectivity index is 1.76. The minimum absolute atomic E-state index is 0.0584. The minimum Gasteiger partial charge on any atom is -0.378 e. The Labute approximate surface area is 118 Å². The maximum Gasteiger partial charge on any atom is 0.0940 e. The summed E-state index contributed by atoms with van der Waals surface area (Å²) in [4.78, 5) is 4.01. The van der Waals surface area contributed by atoms with E-state index >= 15 is 0 Å². The molecule has 3 atom stereocenters. The van der Waals surface area contributed by atoms with Gasteiger partial charge in [-0.25, -0.2) is 0 Å². The van der Waals surface area contributed by atoms with Crippen LogP contribution in [-0.2, 0) is 9.47 Å². The molecule has 5 heteroatoms. The molecule has 0 saturated carbocycles. The number of ether oxygens (including phenoxy) is 2. The molecule has 2 aliphatic heterocycles. The summed E-state index contributed by atoms with van der Waals surface area (Å²) in [6.07, 6.45) is 6.30. The number of aromatic nitrogens is 1. The molecule has 1 spiro atoms. The first kappa shape index (κ1) is 13.3. The predicted octanol–water partition coefficient (Wildman–Crippen LogP) is 2.32. The van der Waals surface area contributed by atoms with Crippen LogP contribution in [0.3, 0.4) is 0 Å². The van der Waals surface area contributed by atoms with Gasteiger partial charge in [-0.2, -0.15) is 0 Å². The van der Waals surface area contributed by atoms with Crippen LogP contribution < -0.4 is 5.73 Å². The van der Waals surface area contributed by atoms with E-state index in [1.807, 2.05) is 6.07 Å². The van der Waals surface area contributed by atoms with Crippen molar-refractivity contribution in [2.24, 2.45) is 11.7 Å². The van der Waals surface area contributed by atoms with Gasteiger partial charge in [0.1, 0.15) is 0 Å². The predicted molar refractivity (Wildman–Crippen MR) is 73.0 cm³/mol. The molecular formula is C14H19ClN2O2. The Morgan fingerprint density at radius 3 is 3.11 bits per heavy atom. The maximum atomic E-state index is 6.41. The van der Waals surface area contributed by atoms with Crippen molar-refractivity contribution in [3.63, 3.8) is 0 Å². The van der Waals surface area contributed by atoms with E-state index in [4.69, 9.17) is 26.8 Å². The first-order valence-corrected chi connectivity index (χ1v) is 7.15. The SMILES string of the molecule is NC(c1ccncc1Cl)C1CCOC2(CCOC2)C1. The highest BCUT2D eigenvalue weighted by Crippen LogP contribution is 2.41. The van der Waals surface area contributed by atoms with Crippen molar-refractivity contribution in [2.45, 2.75) is 30.9 Å². The third kappa shape index (κ3) is 2.63. The number of hydrogen-bond donors (Lipinski definition) is 1. The molecule has 2 saturated heterocycles. The Morgan fingerprint density at radius 1 is 1.47 bits per heavy atom. The molecule has 1 aromatic heterocycles. The molecular weight excluding hydrogens is 264 g/mol. The number of nitrogens with zero attached hydrogens (tertiary/aromatic N) is 1. The van der Waals surface area contributed by atoms with Crippen LogP contribution in [0.4, 0.5) is 0 Å². The largest absolute Gasteiger partial charge is 0.378 e. The van der Waals surface area contributed by atoms with Crippen LogP contribution in [0.5, 0.6) is 0 Å². The zero-order valence-electron chi connectivity index (χ0n) is 10.8. The standard InChI is InChI=1S/C14H19ClN2O2/c15-12-8-17-4-1-11(12)13(16)10-2-5-19-14(7-10)3-6-18-9-14/h1,4,8,10,13H,2-3,5-7,9,16H2. The molecule has 0 bridgehead atoms. The molecule has 2 aliphatic rings. The van der Waals surface area contributed by atoms with Crippen molar-refractivity contribution in [2.75, 3.05) is 19.8 Å². The van der Waals surface area contributed by atoms with Gasteiger partial charge in [-0.3, -0.25) is 4.98 Å². The molecule has 3 rings (SSSR count). The van der Waals surface area contributed by atoms with Gasteiger partial charge in [0.15, 0.2) is 0 Å². The number of pyridine rings is 1. The van der Waals surface area contributed by atoms with Gasteiger partial charge >= 0.3 is 0 Å². The summed E-state index contributed by atoms with van der Waals surface area (Å²) < 4.78 is 11.4. The third-order valence-corrected chi connectivity index (χ3v) is 4.58. The maximum absolute atomic E-state index is 6.41. The second-order valence-corrected chi connectivity index (χ2v) is 5.92. The van der Waals surface area contributed by atoms with Gasteiger partial charge in [-0.1, -0.05) is 11.6 Å². The molecule has 0 radical (unpaired) electrons. The van der Waals surface area contributed by atoms with Crippen LogP contribution in [0.15, 0.2) is 18.5 Å². The summed E-state index contributed by atoms with van der Waals surface area (Å²) in [5.41, 5.74) is 7.29. The smallest absolute Gasteiger partial charge is 0.0940 e. The fraction of sp³-hybridized carbons (Fsp3) is 0.643. The molecule has 1 aromatic rings. The first-order valence-electron chi connectivity index (χ1n) is 6.77. The molecule has 2 fully saturated rings. The van der Waals surface area contributed by atoms with Crippen LogP contribution >= 0.6 is 11.6 Å². The summed E-state index contributed by atoms with van der Waals surface area (Å²) in [6.45, 7) is 2.24. The van der Waals surface area contributed by atoms with Crippen LogP contribution in [0.1, 0.15) is 30.9 Å². The molecule has 3 unspecified atom stereocenters. The number of rotatable bonds is 2. The Kier molecular flexibility index (Phi) is 3.76. The number of halogens is 1. The van der Waals surface area contributed by atoms with Crippen molar-refractivity contribution in [1.82, 2.24) is 4.98 Å². The molecule has 104 valence electrons. The van der Waals surface area contributed by atoms with Gasteiger partial charge in [-0.05, 0) is 30.4 Å². The van der Waals surface area contributed by atoms with E-state index in [1.165, 1.54) is 0 Å². The topological polar surface area (TPSA) is 57.4 Å². The normalized spacial score (nSPS) is 32.6. The van der Waals surface area contributed by atoms with Gasteiger partial charge in [0.2, 0.25) is 0 Å². The highest BCUT2D eigenvalue weighted by molar-refractivity contribution is 6.31. The van der Waals surface area contributed by atoms with E-state index in [-0.39, 0.29) is 11.6 Å². The lowest BCUT2D eigenvalue weighted by molar-refractivity contribution is -0.101. The molecule has 2 N–H and O–H groups in total. The highest BCUT2D eigenvalue weighted by Gasteiger charge is 2.42. The van der Waals surface area contributed by atoms with Gasteiger partial charge in [0.05, 0.1) is 17.2 Å². The zero-order valence-corrected chi connectivity index (χ0v) is 11.6. The number of hydrogen-bond acceptors (Lipinski definition) is 4. The van der Waals surface area contributed by atoms with Crippen LogP contribution in [0.25, 0.3) is 0 Å². The fourth-order valence-electron chi connectivity index (χ4n) is 3.15. The quantitative estimate of drug-likeness (QED) is 0.904. The van der Waals surface area contributed by atoms with E-state index in [0.29, 0.717) is 17.5 Å². The van der Waals surface area contributed by atoms with Crippen molar-refractivity contribution in [3.8, 4) is 0 Å². The fourth-order valence-corrected chi connectivity index (χ4v) is 3.39. The van der Waals surface area contributed by atoms with E-state index in [9.17, 15) is 0 Å². The molecule has 0 aliphatic carbocycles. The monoisotopic (exact) mass is 282 g/mol. The van der Waals surface area contributed by atoms with Gasteiger partial charge in [-0.15, -0.1) is 0 Å². The minimum atomic E-state index is -0.111. The second kappa shape index (κ2) is 5.37. The lowest BCUT2D eigenvalue weighted by Gasteiger charge is -2.39. The van der Waals surface area contributed by atoms with Crippen molar-refractivity contribution in [3.05, 3.63) is 29.0 Å². The van der Waals surface area contributed by atoms with E-state index < -0.39 is 0 Å². The average Bonchev–Trinajstić information content (AvgIpc) is 2.86. The molecule has 0 amide bonds. The molecule has 0 aromatic carbocycles. The number of nitrogens with two attached hydrogens (primary N) is 1. The third-order valence-electron chi connectivity index (χ3n) is 4.27. The van der Waals surface area contributed by atoms with Crippen LogP contribution in [0.2, 0.25) is 5.02 Å². The van der Waals surface area contributed by atoms with E-state index in [2.05, 4.69) is 4.98 Å². The van der Waals surface area contributed by atoms with Gasteiger partial charge < -0.3 is 15.2 Å². The second-order valence-electron chi connectivity index (χ2n) is 5.51. The van der Waals surface area contributed by atoms with Crippen LogP contribution in [-0.4, -0.2) is 30.4 Å².